The molecule has 0 amide bonds. The Morgan fingerprint density at radius 1 is 0.938 bits per heavy atom. The zero-order valence-corrected chi connectivity index (χ0v) is 11.6. The molecular weight excluding hydrogens is 198 g/mol. The van der Waals surface area contributed by atoms with Crippen LogP contribution in [-0.4, -0.2) is 25.8 Å². The number of hydrogen-bond donors (Lipinski definition) is 1. The Bertz CT molecular complexity index is 128. The van der Waals surface area contributed by atoms with E-state index < -0.39 is 0 Å². The summed E-state index contributed by atoms with van der Waals surface area (Å²) in [6.07, 6.45) is 8.86. The van der Waals surface area contributed by atoms with Crippen LogP contribution in [-0.2, 0) is 4.74 Å². The number of hydrogen-bond acceptors (Lipinski definition) is 2. The molecular formula is C14H31NO. The van der Waals surface area contributed by atoms with Gasteiger partial charge in [0.2, 0.25) is 0 Å². The maximum absolute atomic E-state index is 5.73. The predicted molar refractivity (Wildman–Crippen MR) is 72.0 cm³/mol. The van der Waals surface area contributed by atoms with E-state index in [0.717, 1.165) is 19.8 Å². The Kier molecular flexibility index (Phi) is 12.9. The van der Waals surface area contributed by atoms with Crippen LogP contribution < -0.4 is 5.32 Å². The molecule has 0 aliphatic carbocycles. The molecule has 0 heterocycles. The highest BCUT2D eigenvalue weighted by molar-refractivity contribution is 4.64. The van der Waals surface area contributed by atoms with Gasteiger partial charge in [0.1, 0.15) is 0 Å². The Morgan fingerprint density at radius 2 is 1.75 bits per heavy atom. The van der Waals surface area contributed by atoms with E-state index in [9.17, 15) is 0 Å². The van der Waals surface area contributed by atoms with Crippen molar-refractivity contribution in [2.75, 3.05) is 19.8 Å². The summed E-state index contributed by atoms with van der Waals surface area (Å²) in [7, 11) is 0. The maximum atomic E-state index is 5.73. The van der Waals surface area contributed by atoms with E-state index >= 15 is 0 Å². The second-order valence-electron chi connectivity index (χ2n) is 4.58. The van der Waals surface area contributed by atoms with Crippen molar-refractivity contribution in [3.63, 3.8) is 0 Å². The largest absolute Gasteiger partial charge is 0.380 e. The molecule has 0 radical (unpaired) electrons. The van der Waals surface area contributed by atoms with Crippen LogP contribution in [0.15, 0.2) is 0 Å². The van der Waals surface area contributed by atoms with Crippen molar-refractivity contribution >= 4 is 0 Å². The van der Waals surface area contributed by atoms with Gasteiger partial charge in [-0.25, -0.2) is 0 Å². The minimum atomic E-state index is 0.566. The van der Waals surface area contributed by atoms with E-state index in [1.54, 1.807) is 0 Å². The van der Waals surface area contributed by atoms with Crippen molar-refractivity contribution in [1.82, 2.24) is 5.32 Å². The van der Waals surface area contributed by atoms with Gasteiger partial charge in [0.05, 0.1) is 6.61 Å². The Morgan fingerprint density at radius 3 is 2.38 bits per heavy atom. The van der Waals surface area contributed by atoms with E-state index in [0.29, 0.717) is 6.04 Å². The molecule has 0 aromatic rings. The van der Waals surface area contributed by atoms with Crippen molar-refractivity contribution in [3.8, 4) is 0 Å². The lowest BCUT2D eigenvalue weighted by molar-refractivity contribution is 0.105. The van der Waals surface area contributed by atoms with Crippen LogP contribution in [0, 0.1) is 0 Å². The lowest BCUT2D eigenvalue weighted by Gasteiger charge is -2.17. The normalized spacial score (nSPS) is 12.9. The Hall–Kier alpha value is -0.0800. The first-order valence-electron chi connectivity index (χ1n) is 7.16. The van der Waals surface area contributed by atoms with Crippen LogP contribution in [0.1, 0.15) is 65.7 Å². The van der Waals surface area contributed by atoms with E-state index in [1.807, 2.05) is 0 Å². The van der Waals surface area contributed by atoms with Crippen LogP contribution >= 0.6 is 0 Å². The standard InChI is InChI=1S/C14H31NO/c1-4-7-8-9-12-16-13-14(10-5-2)15-11-6-3/h14-15H,4-13H2,1-3H3. The number of rotatable bonds is 12. The predicted octanol–water partition coefficient (Wildman–Crippen LogP) is 3.75. The molecule has 0 aliphatic heterocycles. The first-order valence-corrected chi connectivity index (χ1v) is 7.16. The van der Waals surface area contributed by atoms with Gasteiger partial charge in [-0.2, -0.15) is 0 Å². The zero-order valence-electron chi connectivity index (χ0n) is 11.6. The molecule has 0 rings (SSSR count). The molecule has 2 heteroatoms. The number of nitrogens with one attached hydrogen (secondary N) is 1. The van der Waals surface area contributed by atoms with Crippen molar-refractivity contribution in [2.24, 2.45) is 0 Å². The maximum Gasteiger partial charge on any atom is 0.0619 e. The second kappa shape index (κ2) is 13.0. The van der Waals surface area contributed by atoms with Crippen LogP contribution in [0.4, 0.5) is 0 Å². The summed E-state index contributed by atoms with van der Waals surface area (Å²) < 4.78 is 5.73. The summed E-state index contributed by atoms with van der Waals surface area (Å²) in [5, 5.41) is 3.55. The monoisotopic (exact) mass is 229 g/mol. The summed E-state index contributed by atoms with van der Waals surface area (Å²) in [4.78, 5) is 0. The highest BCUT2D eigenvalue weighted by Gasteiger charge is 2.05. The third-order valence-corrected chi connectivity index (χ3v) is 2.78. The van der Waals surface area contributed by atoms with Crippen molar-refractivity contribution < 1.29 is 4.74 Å². The molecule has 1 N–H and O–H groups in total. The van der Waals surface area contributed by atoms with Crippen molar-refractivity contribution in [2.45, 2.75) is 71.8 Å². The first-order chi connectivity index (χ1) is 7.85. The van der Waals surface area contributed by atoms with Gasteiger partial charge >= 0.3 is 0 Å². The van der Waals surface area contributed by atoms with E-state index in [1.165, 1.54) is 44.9 Å². The van der Waals surface area contributed by atoms with Gasteiger partial charge < -0.3 is 10.1 Å². The van der Waals surface area contributed by atoms with E-state index in [-0.39, 0.29) is 0 Å². The Balaban J connectivity index is 3.36. The molecule has 0 aliphatic rings. The molecule has 0 fully saturated rings. The smallest absolute Gasteiger partial charge is 0.0619 e. The minimum absolute atomic E-state index is 0.566. The van der Waals surface area contributed by atoms with E-state index in [4.69, 9.17) is 4.74 Å². The summed E-state index contributed by atoms with van der Waals surface area (Å²) in [6, 6.07) is 0.566. The van der Waals surface area contributed by atoms with Crippen LogP contribution in [0.2, 0.25) is 0 Å². The van der Waals surface area contributed by atoms with Crippen molar-refractivity contribution in [3.05, 3.63) is 0 Å². The molecule has 0 bridgehead atoms. The highest BCUT2D eigenvalue weighted by atomic mass is 16.5. The van der Waals surface area contributed by atoms with Gasteiger partial charge in [0, 0.05) is 12.6 Å². The lowest BCUT2D eigenvalue weighted by Crippen LogP contribution is -2.34. The number of ether oxygens (including phenoxy) is 1. The molecule has 1 atom stereocenters. The summed E-state index contributed by atoms with van der Waals surface area (Å²) >= 11 is 0. The van der Waals surface area contributed by atoms with Gasteiger partial charge in [-0.1, -0.05) is 46.5 Å². The van der Waals surface area contributed by atoms with Crippen LogP contribution in [0.3, 0.4) is 0 Å². The molecule has 0 aromatic carbocycles. The molecule has 1 unspecified atom stereocenters. The first kappa shape index (κ1) is 15.9. The summed E-state index contributed by atoms with van der Waals surface area (Å²) in [6.45, 7) is 9.63. The van der Waals surface area contributed by atoms with Gasteiger partial charge in [-0.15, -0.1) is 0 Å². The van der Waals surface area contributed by atoms with Crippen LogP contribution in [0.5, 0.6) is 0 Å². The quantitative estimate of drug-likeness (QED) is 0.515. The van der Waals surface area contributed by atoms with Gasteiger partial charge in [0.25, 0.3) is 0 Å². The fraction of sp³-hybridized carbons (Fsp3) is 1.00. The lowest BCUT2D eigenvalue weighted by atomic mass is 10.2. The average Bonchev–Trinajstić information content (AvgIpc) is 2.30. The third kappa shape index (κ3) is 10.4. The molecule has 16 heavy (non-hydrogen) atoms. The van der Waals surface area contributed by atoms with Crippen LogP contribution in [0.25, 0.3) is 0 Å². The molecule has 0 saturated carbocycles. The van der Waals surface area contributed by atoms with E-state index in [2.05, 4.69) is 26.1 Å². The third-order valence-electron chi connectivity index (χ3n) is 2.78. The Labute approximate surface area is 102 Å². The summed E-state index contributed by atoms with van der Waals surface area (Å²) in [5.41, 5.74) is 0. The molecule has 0 spiro atoms. The zero-order chi connectivity index (χ0) is 12.1. The molecule has 0 aromatic heterocycles. The van der Waals surface area contributed by atoms with Gasteiger partial charge in [0.15, 0.2) is 0 Å². The highest BCUT2D eigenvalue weighted by Crippen LogP contribution is 2.01. The SMILES string of the molecule is CCCCCCOCC(CCC)NCCC. The molecule has 98 valence electrons. The second-order valence-corrected chi connectivity index (χ2v) is 4.58. The van der Waals surface area contributed by atoms with Crippen molar-refractivity contribution in [1.29, 1.82) is 0 Å². The minimum Gasteiger partial charge on any atom is -0.380 e. The number of unbranched alkanes of at least 4 members (excludes halogenated alkanes) is 3. The van der Waals surface area contributed by atoms with Gasteiger partial charge in [-0.3, -0.25) is 0 Å². The van der Waals surface area contributed by atoms with Gasteiger partial charge in [-0.05, 0) is 25.8 Å². The fourth-order valence-electron chi connectivity index (χ4n) is 1.80. The molecule has 0 saturated heterocycles. The topological polar surface area (TPSA) is 21.3 Å². The average molecular weight is 229 g/mol. The molecule has 2 nitrogen and oxygen atoms in total. The summed E-state index contributed by atoms with van der Waals surface area (Å²) in [5.74, 6) is 0. The fourth-order valence-corrected chi connectivity index (χ4v) is 1.80.